The lowest BCUT2D eigenvalue weighted by molar-refractivity contribution is -0.472. The van der Waals surface area contributed by atoms with Crippen molar-refractivity contribution in [1.82, 2.24) is 10.2 Å². The van der Waals surface area contributed by atoms with E-state index in [9.17, 15) is 4.79 Å². The molecule has 0 aliphatic rings. The summed E-state index contributed by atoms with van der Waals surface area (Å²) in [4.78, 5) is 15.3. The molecule has 1 aromatic carbocycles. The van der Waals surface area contributed by atoms with Gasteiger partial charge in [-0.15, -0.1) is 0 Å². The van der Waals surface area contributed by atoms with Crippen molar-refractivity contribution in [2.45, 2.75) is 174 Å². The average molecular weight is 659 g/mol. The Balaban J connectivity index is 2.39. The second-order valence-electron chi connectivity index (χ2n) is 14.1. The van der Waals surface area contributed by atoms with Crippen LogP contribution in [-0.2, 0) is 16.0 Å². The van der Waals surface area contributed by atoms with Gasteiger partial charge in [0.1, 0.15) is 5.75 Å². The van der Waals surface area contributed by atoms with Crippen molar-refractivity contribution >= 4 is 11.9 Å². The fourth-order valence-corrected chi connectivity index (χ4v) is 6.14. The molecule has 0 saturated carbocycles. The van der Waals surface area contributed by atoms with Gasteiger partial charge in [-0.05, 0) is 30.5 Å². The first-order chi connectivity index (χ1) is 22.9. The molecular formula is C41H76N3O3+. The number of carbonyl (C=O) groups excluding carboxylic acids is 1. The fraction of sp³-hybridized carbons (Fsp3) is 0.805. The molecule has 47 heavy (non-hydrogen) atoms. The summed E-state index contributed by atoms with van der Waals surface area (Å²) in [5.41, 5.74) is 1.09. The molecule has 6 nitrogen and oxygen atoms in total. The topological polar surface area (TPSA) is 53.8 Å². The van der Waals surface area contributed by atoms with E-state index < -0.39 is 6.04 Å². The van der Waals surface area contributed by atoms with Gasteiger partial charge in [-0.25, -0.2) is 4.79 Å². The highest BCUT2D eigenvalue weighted by Crippen LogP contribution is 2.17. The van der Waals surface area contributed by atoms with Crippen molar-refractivity contribution in [3.05, 3.63) is 29.8 Å². The number of guanidine groups is 1. The maximum absolute atomic E-state index is 13.3. The summed E-state index contributed by atoms with van der Waals surface area (Å²) >= 11 is 0. The highest BCUT2D eigenvalue weighted by molar-refractivity contribution is 5.84. The molecule has 272 valence electrons. The van der Waals surface area contributed by atoms with Crippen LogP contribution in [0.5, 0.6) is 5.75 Å². The lowest BCUT2D eigenvalue weighted by Crippen LogP contribution is -2.51. The number of benzene rings is 1. The van der Waals surface area contributed by atoms with Crippen molar-refractivity contribution in [3.8, 4) is 5.75 Å². The van der Waals surface area contributed by atoms with Crippen LogP contribution in [0.3, 0.4) is 0 Å². The summed E-state index contributed by atoms with van der Waals surface area (Å²) in [6.45, 7) is 5.80. The van der Waals surface area contributed by atoms with Crippen LogP contribution < -0.4 is 10.1 Å². The highest BCUT2D eigenvalue weighted by Gasteiger charge is 2.27. The highest BCUT2D eigenvalue weighted by atomic mass is 16.5. The molecule has 0 unspecified atom stereocenters. The zero-order valence-corrected chi connectivity index (χ0v) is 31.9. The van der Waals surface area contributed by atoms with Crippen LogP contribution in [-0.4, -0.2) is 68.9 Å². The van der Waals surface area contributed by atoms with E-state index in [4.69, 9.17) is 9.47 Å². The van der Waals surface area contributed by atoms with Crippen molar-refractivity contribution in [2.75, 3.05) is 41.4 Å². The van der Waals surface area contributed by atoms with Gasteiger partial charge in [0.05, 0.1) is 41.4 Å². The SMILES string of the molecule is CCCCCCCCCCCCCCOC(=O)[C@H](Cc1ccc(OCCCCCCCCCCCCC)cc1)NC(N(C)C)=[N+](C)C. The van der Waals surface area contributed by atoms with Gasteiger partial charge in [-0.1, -0.05) is 161 Å². The average Bonchev–Trinajstić information content (AvgIpc) is 3.05. The minimum Gasteiger partial charge on any atom is -0.494 e. The molecule has 0 aromatic heterocycles. The summed E-state index contributed by atoms with van der Waals surface area (Å²) < 4.78 is 13.8. The quantitative estimate of drug-likeness (QED) is 0.0293. The van der Waals surface area contributed by atoms with E-state index in [-0.39, 0.29) is 5.97 Å². The molecule has 1 aromatic rings. The largest absolute Gasteiger partial charge is 0.494 e. The molecule has 0 aliphatic carbocycles. The van der Waals surface area contributed by atoms with Gasteiger partial charge in [0.2, 0.25) is 0 Å². The van der Waals surface area contributed by atoms with Gasteiger partial charge in [0.15, 0.2) is 6.04 Å². The number of hydrogen-bond donors (Lipinski definition) is 1. The van der Waals surface area contributed by atoms with Gasteiger partial charge in [0.25, 0.3) is 0 Å². The smallest absolute Gasteiger partial charge is 0.347 e. The van der Waals surface area contributed by atoms with E-state index in [1.165, 1.54) is 128 Å². The first-order valence-electron chi connectivity index (χ1n) is 19.8. The van der Waals surface area contributed by atoms with E-state index in [1.54, 1.807) is 0 Å². The number of carbonyl (C=O) groups is 1. The lowest BCUT2D eigenvalue weighted by Gasteiger charge is -2.20. The summed E-state index contributed by atoms with van der Waals surface area (Å²) in [6, 6.07) is 7.76. The van der Waals surface area contributed by atoms with Gasteiger partial charge in [0, 0.05) is 6.42 Å². The first-order valence-corrected chi connectivity index (χ1v) is 19.8. The molecule has 0 saturated heterocycles. The summed E-state index contributed by atoms with van der Waals surface area (Å²) in [5.74, 6) is 1.59. The third kappa shape index (κ3) is 23.7. The Morgan fingerprint density at radius 3 is 1.45 bits per heavy atom. The molecular weight excluding hydrogens is 582 g/mol. The van der Waals surface area contributed by atoms with Crippen molar-refractivity contribution in [3.63, 3.8) is 0 Å². The molecule has 1 atom stereocenters. The summed E-state index contributed by atoms with van der Waals surface area (Å²) in [7, 11) is 7.94. The van der Waals surface area contributed by atoms with Crippen molar-refractivity contribution < 1.29 is 18.8 Å². The second kappa shape index (κ2) is 29.9. The number of rotatable bonds is 30. The number of nitrogens with one attached hydrogen (secondary N) is 1. The Hall–Kier alpha value is -2.24. The molecule has 0 spiro atoms. The monoisotopic (exact) mass is 659 g/mol. The molecule has 6 heteroatoms. The summed E-state index contributed by atoms with van der Waals surface area (Å²) in [6.07, 6.45) is 30.8. The van der Waals surface area contributed by atoms with E-state index in [2.05, 4.69) is 31.3 Å². The van der Waals surface area contributed by atoms with Gasteiger partial charge in [-0.3, -0.25) is 14.8 Å². The van der Waals surface area contributed by atoms with E-state index in [0.29, 0.717) is 13.0 Å². The van der Waals surface area contributed by atoms with Gasteiger partial charge in [-0.2, -0.15) is 0 Å². The number of nitrogens with zero attached hydrogens (tertiary/aromatic N) is 2. The molecule has 0 amide bonds. The van der Waals surface area contributed by atoms with E-state index in [0.717, 1.165) is 43.1 Å². The number of esters is 1. The van der Waals surface area contributed by atoms with Crippen molar-refractivity contribution in [2.24, 2.45) is 0 Å². The lowest BCUT2D eigenvalue weighted by atomic mass is 10.1. The minimum atomic E-state index is -0.463. The second-order valence-corrected chi connectivity index (χ2v) is 14.1. The van der Waals surface area contributed by atoms with Gasteiger partial charge >= 0.3 is 11.9 Å². The van der Waals surface area contributed by atoms with Crippen LogP contribution in [0, 0.1) is 0 Å². The molecule has 0 fully saturated rings. The Morgan fingerprint density at radius 2 is 1.04 bits per heavy atom. The zero-order chi connectivity index (χ0) is 34.4. The predicted octanol–water partition coefficient (Wildman–Crippen LogP) is 10.3. The fourth-order valence-electron chi connectivity index (χ4n) is 6.14. The maximum Gasteiger partial charge on any atom is 0.347 e. The summed E-state index contributed by atoms with van der Waals surface area (Å²) in [5, 5.41) is 3.45. The number of unbranched alkanes of at least 4 members (excludes halogenated alkanes) is 21. The van der Waals surface area contributed by atoms with Crippen LogP contribution in [0.15, 0.2) is 24.3 Å². The molecule has 0 bridgehead atoms. The Morgan fingerprint density at radius 1 is 0.638 bits per heavy atom. The molecule has 0 heterocycles. The number of ether oxygens (including phenoxy) is 2. The van der Waals surface area contributed by atoms with Gasteiger partial charge < -0.3 is 9.47 Å². The minimum absolute atomic E-state index is 0.189. The van der Waals surface area contributed by atoms with E-state index in [1.807, 2.05) is 49.8 Å². The van der Waals surface area contributed by atoms with Crippen LogP contribution in [0.25, 0.3) is 0 Å². The molecule has 0 aliphatic heterocycles. The first kappa shape index (κ1) is 42.8. The van der Waals surface area contributed by atoms with Crippen LogP contribution in [0.4, 0.5) is 0 Å². The third-order valence-electron chi connectivity index (χ3n) is 9.06. The van der Waals surface area contributed by atoms with Crippen molar-refractivity contribution in [1.29, 1.82) is 0 Å². The van der Waals surface area contributed by atoms with E-state index >= 15 is 0 Å². The van der Waals surface area contributed by atoms with Crippen LogP contribution in [0.2, 0.25) is 0 Å². The molecule has 0 radical (unpaired) electrons. The Kier molecular flexibility index (Phi) is 27.2. The third-order valence-corrected chi connectivity index (χ3v) is 9.06. The Bertz CT molecular complexity index is 896. The predicted molar refractivity (Wildman–Crippen MR) is 202 cm³/mol. The maximum atomic E-state index is 13.3. The van der Waals surface area contributed by atoms with Crippen LogP contribution in [0.1, 0.15) is 167 Å². The number of hydrogen-bond acceptors (Lipinski definition) is 3. The Labute approximate surface area is 291 Å². The van der Waals surface area contributed by atoms with Crippen LogP contribution >= 0.6 is 0 Å². The molecule has 1 N–H and O–H groups in total. The standard InChI is InChI=1S/C41H75N3O3/c1-7-9-11-13-15-17-19-21-23-25-27-29-35-47-40(45)39(42-41(43(3)4)44(5)6)36-37-30-32-38(33-31-37)46-34-28-26-24-22-20-18-16-14-12-10-8-2/h30-33,39H,7-29,34-36H2,1-6H3/p+1/t39-/m0/s1. The molecule has 1 rings (SSSR count). The zero-order valence-electron chi connectivity index (χ0n) is 31.9. The normalized spacial score (nSPS) is 11.7.